The molecule has 0 fully saturated rings. The Morgan fingerprint density at radius 2 is 1.79 bits per heavy atom. The summed E-state index contributed by atoms with van der Waals surface area (Å²) in [5.74, 6) is -1.57. The summed E-state index contributed by atoms with van der Waals surface area (Å²) in [5, 5.41) is 8.40. The number of carbonyl (C=O) groups excluding carboxylic acids is 4. The van der Waals surface area contributed by atoms with E-state index < -0.39 is 41.6 Å². The van der Waals surface area contributed by atoms with Gasteiger partial charge in [0.05, 0.1) is 11.7 Å². The summed E-state index contributed by atoms with van der Waals surface area (Å²) in [7, 11) is 1.67. The lowest BCUT2D eigenvalue weighted by Gasteiger charge is -2.29. The molecule has 0 bridgehead atoms. The fraction of sp³-hybridized carbons (Fsp3) is 0.583. The lowest BCUT2D eigenvalue weighted by molar-refractivity contribution is -0.158. The Kier molecular flexibility index (Phi) is 7.11. The second-order valence-corrected chi connectivity index (χ2v) is 9.73. The summed E-state index contributed by atoms with van der Waals surface area (Å²) >= 11 is 0. The van der Waals surface area contributed by atoms with Crippen LogP contribution >= 0.6 is 0 Å². The third-order valence-electron chi connectivity index (χ3n) is 5.97. The van der Waals surface area contributed by atoms with E-state index in [4.69, 9.17) is 4.74 Å². The topological polar surface area (TPSA) is 117 Å². The standard InChI is InChI=1S/C24H34N4O5/c1-13(25-6)20(29)27-17-11-10-15-8-7-9-16-12-18(28(19(15)16)22(17)31)21(30)26-14(2)23(32)33-24(3,4)5/h7-9,13-14,17-18,25H,10-12H2,1-6H3,(H,26,30)(H,27,29). The number of aryl methyl sites for hydroxylation is 1. The molecule has 180 valence electrons. The minimum Gasteiger partial charge on any atom is -0.458 e. The van der Waals surface area contributed by atoms with Gasteiger partial charge in [-0.25, -0.2) is 4.79 Å². The quantitative estimate of drug-likeness (QED) is 0.544. The van der Waals surface area contributed by atoms with E-state index in [-0.39, 0.29) is 11.8 Å². The maximum Gasteiger partial charge on any atom is 0.328 e. The lowest BCUT2D eigenvalue weighted by Crippen LogP contribution is -2.57. The van der Waals surface area contributed by atoms with Crippen LogP contribution in [0.5, 0.6) is 0 Å². The van der Waals surface area contributed by atoms with Gasteiger partial charge in [-0.1, -0.05) is 18.2 Å². The summed E-state index contributed by atoms with van der Waals surface area (Å²) < 4.78 is 5.36. The fourth-order valence-corrected chi connectivity index (χ4v) is 4.16. The highest BCUT2D eigenvalue weighted by Gasteiger charge is 2.44. The highest BCUT2D eigenvalue weighted by atomic mass is 16.6. The molecule has 4 atom stereocenters. The van der Waals surface area contributed by atoms with Gasteiger partial charge in [0.15, 0.2) is 0 Å². The second kappa shape index (κ2) is 9.51. The van der Waals surface area contributed by atoms with Gasteiger partial charge in [0.1, 0.15) is 23.7 Å². The first kappa shape index (κ1) is 24.7. The molecule has 1 aromatic carbocycles. The van der Waals surface area contributed by atoms with E-state index >= 15 is 0 Å². The van der Waals surface area contributed by atoms with Crippen molar-refractivity contribution in [2.24, 2.45) is 0 Å². The number of rotatable bonds is 6. The van der Waals surface area contributed by atoms with Crippen LogP contribution in [0, 0.1) is 0 Å². The third-order valence-corrected chi connectivity index (χ3v) is 5.97. The first-order valence-electron chi connectivity index (χ1n) is 11.4. The van der Waals surface area contributed by atoms with Crippen molar-refractivity contribution in [3.8, 4) is 0 Å². The highest BCUT2D eigenvalue weighted by Crippen LogP contribution is 2.39. The second-order valence-electron chi connectivity index (χ2n) is 9.73. The van der Waals surface area contributed by atoms with Crippen LogP contribution in [0.3, 0.4) is 0 Å². The Morgan fingerprint density at radius 3 is 2.42 bits per heavy atom. The molecule has 0 aliphatic carbocycles. The number of hydrogen-bond donors (Lipinski definition) is 3. The number of amides is 3. The van der Waals surface area contributed by atoms with Crippen LogP contribution < -0.4 is 20.9 Å². The molecule has 3 rings (SSSR count). The number of nitrogens with zero attached hydrogens (tertiary/aromatic N) is 1. The maximum absolute atomic E-state index is 13.6. The Morgan fingerprint density at radius 1 is 1.12 bits per heavy atom. The normalized spacial score (nSPS) is 21.5. The third kappa shape index (κ3) is 5.35. The number of nitrogens with one attached hydrogen (secondary N) is 3. The van der Waals surface area contributed by atoms with Crippen molar-refractivity contribution < 1.29 is 23.9 Å². The van der Waals surface area contributed by atoms with Gasteiger partial charge in [0.2, 0.25) is 17.7 Å². The molecule has 3 N–H and O–H groups in total. The number of likely N-dealkylation sites (N-methyl/N-ethyl adjacent to an activating group) is 1. The summed E-state index contributed by atoms with van der Waals surface area (Å²) in [6.45, 7) is 8.55. The molecular weight excluding hydrogens is 424 g/mol. The number of ether oxygens (including phenoxy) is 1. The average molecular weight is 459 g/mol. The van der Waals surface area contributed by atoms with E-state index in [0.29, 0.717) is 19.3 Å². The molecule has 33 heavy (non-hydrogen) atoms. The number of anilines is 1. The Hall–Kier alpha value is -2.94. The molecule has 2 aliphatic heterocycles. The molecule has 1 aromatic rings. The first-order valence-corrected chi connectivity index (χ1v) is 11.4. The predicted molar refractivity (Wildman–Crippen MR) is 124 cm³/mol. The predicted octanol–water partition coefficient (Wildman–Crippen LogP) is 0.830. The molecule has 0 spiro atoms. The molecule has 0 aromatic heterocycles. The van der Waals surface area contributed by atoms with Crippen molar-refractivity contribution in [3.63, 3.8) is 0 Å². The zero-order valence-electron chi connectivity index (χ0n) is 20.2. The SMILES string of the molecule is CNC(C)C(=O)NC1CCc2cccc3c2N(C1=O)C(C(=O)NC(C)C(=O)OC(C)(C)C)C3. The molecule has 0 radical (unpaired) electrons. The largest absolute Gasteiger partial charge is 0.458 e. The van der Waals surface area contributed by atoms with Crippen LogP contribution in [0.4, 0.5) is 5.69 Å². The molecule has 3 amide bonds. The van der Waals surface area contributed by atoms with Crippen molar-refractivity contribution >= 4 is 29.4 Å². The number of esters is 1. The summed E-state index contributed by atoms with van der Waals surface area (Å²) in [4.78, 5) is 53.1. The minimum absolute atomic E-state index is 0.277. The van der Waals surface area contributed by atoms with Gasteiger partial charge >= 0.3 is 5.97 Å². The molecule has 2 aliphatic rings. The van der Waals surface area contributed by atoms with Crippen LogP contribution in [0.15, 0.2) is 18.2 Å². The van der Waals surface area contributed by atoms with Gasteiger partial charge in [0.25, 0.3) is 0 Å². The van der Waals surface area contributed by atoms with Gasteiger partial charge in [-0.05, 0) is 65.6 Å². The van der Waals surface area contributed by atoms with Gasteiger partial charge in [-0.3, -0.25) is 19.3 Å². The molecule has 0 saturated carbocycles. The summed E-state index contributed by atoms with van der Waals surface area (Å²) in [6.07, 6.45) is 1.39. The number of hydrogen-bond acceptors (Lipinski definition) is 6. The monoisotopic (exact) mass is 458 g/mol. The van der Waals surface area contributed by atoms with E-state index in [9.17, 15) is 19.2 Å². The van der Waals surface area contributed by atoms with Gasteiger partial charge in [0, 0.05) is 6.42 Å². The number of para-hydroxylation sites is 1. The maximum atomic E-state index is 13.6. The van der Waals surface area contributed by atoms with Crippen LogP contribution in [0.1, 0.15) is 52.2 Å². The molecule has 9 nitrogen and oxygen atoms in total. The van der Waals surface area contributed by atoms with E-state index in [1.807, 2.05) is 18.2 Å². The Balaban J connectivity index is 1.84. The molecular formula is C24H34N4O5. The smallest absolute Gasteiger partial charge is 0.328 e. The molecule has 4 unspecified atom stereocenters. The Bertz CT molecular complexity index is 955. The number of carbonyl (C=O) groups is 4. The van der Waals surface area contributed by atoms with E-state index in [1.54, 1.807) is 41.7 Å². The molecule has 0 saturated heterocycles. The molecule has 2 heterocycles. The van der Waals surface area contributed by atoms with Crippen molar-refractivity contribution in [1.82, 2.24) is 16.0 Å². The number of benzene rings is 1. The first-order chi connectivity index (χ1) is 15.4. The lowest BCUT2D eigenvalue weighted by atomic mass is 10.0. The zero-order valence-corrected chi connectivity index (χ0v) is 20.2. The fourth-order valence-electron chi connectivity index (χ4n) is 4.16. The van der Waals surface area contributed by atoms with Crippen LogP contribution in [-0.2, 0) is 36.8 Å². The van der Waals surface area contributed by atoms with Gasteiger partial charge in [-0.2, -0.15) is 0 Å². The van der Waals surface area contributed by atoms with Crippen LogP contribution in [0.25, 0.3) is 0 Å². The average Bonchev–Trinajstić information content (AvgIpc) is 3.08. The van der Waals surface area contributed by atoms with Gasteiger partial charge < -0.3 is 20.7 Å². The van der Waals surface area contributed by atoms with E-state index in [2.05, 4.69) is 16.0 Å². The highest BCUT2D eigenvalue weighted by molar-refractivity contribution is 6.08. The van der Waals surface area contributed by atoms with Crippen molar-refractivity contribution in [2.45, 2.75) is 83.6 Å². The minimum atomic E-state index is -0.867. The zero-order chi connectivity index (χ0) is 24.5. The summed E-state index contributed by atoms with van der Waals surface area (Å²) in [6, 6.07) is 2.90. The van der Waals surface area contributed by atoms with E-state index in [1.165, 1.54) is 4.90 Å². The van der Waals surface area contributed by atoms with Crippen molar-refractivity contribution in [3.05, 3.63) is 29.3 Å². The van der Waals surface area contributed by atoms with Crippen LogP contribution in [0.2, 0.25) is 0 Å². The Labute approximate surface area is 194 Å². The molecule has 9 heteroatoms. The van der Waals surface area contributed by atoms with E-state index in [0.717, 1.165) is 16.8 Å². The van der Waals surface area contributed by atoms with Gasteiger partial charge in [-0.15, -0.1) is 0 Å². The summed E-state index contributed by atoms with van der Waals surface area (Å²) in [5.41, 5.74) is 1.94. The van der Waals surface area contributed by atoms with Crippen molar-refractivity contribution in [2.75, 3.05) is 11.9 Å². The van der Waals surface area contributed by atoms with Crippen molar-refractivity contribution in [1.29, 1.82) is 0 Å². The van der Waals surface area contributed by atoms with Crippen LogP contribution in [-0.4, -0.2) is 60.5 Å².